The highest BCUT2D eigenvalue weighted by molar-refractivity contribution is 5.90. The Morgan fingerprint density at radius 1 is 1.22 bits per heavy atom. The summed E-state index contributed by atoms with van der Waals surface area (Å²) in [5, 5.41) is 9.46. The van der Waals surface area contributed by atoms with Gasteiger partial charge < -0.3 is 14.8 Å². The van der Waals surface area contributed by atoms with Crippen molar-refractivity contribution in [3.63, 3.8) is 0 Å². The summed E-state index contributed by atoms with van der Waals surface area (Å²) in [5.74, 6) is 0.541. The minimum Gasteiger partial charge on any atom is -0.497 e. The second-order valence-corrected chi connectivity index (χ2v) is 5.49. The fourth-order valence-corrected chi connectivity index (χ4v) is 2.40. The lowest BCUT2D eigenvalue weighted by atomic mass is 10.1. The van der Waals surface area contributed by atoms with E-state index >= 15 is 0 Å². The van der Waals surface area contributed by atoms with Gasteiger partial charge in [-0.1, -0.05) is 12.1 Å². The van der Waals surface area contributed by atoms with Crippen LogP contribution in [0.3, 0.4) is 0 Å². The molecule has 0 bridgehead atoms. The molecule has 0 spiro atoms. The third kappa shape index (κ3) is 4.51. The number of amides is 2. The number of benzene rings is 1. The Hall–Kier alpha value is -3.62. The number of anilines is 1. The fourth-order valence-electron chi connectivity index (χ4n) is 2.40. The average molecular weight is 369 g/mol. The molecular weight excluding hydrogens is 350 g/mol. The minimum absolute atomic E-state index is 0.217. The first kappa shape index (κ1) is 18.2. The SMILES string of the molecule is CCOC(=O)CNC(=O)Nc1cn2nc(-c3cccc(OC)c3)ccc2n1. The number of methoxy groups -OCH3 is 1. The molecule has 1 aromatic carbocycles. The van der Waals surface area contributed by atoms with Crippen molar-refractivity contribution in [3.05, 3.63) is 42.6 Å². The van der Waals surface area contributed by atoms with Gasteiger partial charge in [-0.25, -0.2) is 14.3 Å². The number of hydrogen-bond acceptors (Lipinski definition) is 6. The Morgan fingerprint density at radius 3 is 2.85 bits per heavy atom. The maximum Gasteiger partial charge on any atom is 0.325 e. The Bertz CT molecular complexity index is 969. The van der Waals surface area contributed by atoms with E-state index in [2.05, 4.69) is 20.7 Å². The van der Waals surface area contributed by atoms with E-state index in [9.17, 15) is 9.59 Å². The molecule has 2 aromatic heterocycles. The van der Waals surface area contributed by atoms with E-state index in [0.29, 0.717) is 11.5 Å². The van der Waals surface area contributed by atoms with E-state index in [1.54, 1.807) is 30.8 Å². The number of hydrogen-bond donors (Lipinski definition) is 2. The first-order chi connectivity index (χ1) is 13.1. The van der Waals surface area contributed by atoms with Crippen molar-refractivity contribution < 1.29 is 19.1 Å². The highest BCUT2D eigenvalue weighted by atomic mass is 16.5. The van der Waals surface area contributed by atoms with Crippen LogP contribution in [0.15, 0.2) is 42.6 Å². The van der Waals surface area contributed by atoms with E-state index in [4.69, 9.17) is 9.47 Å². The maximum atomic E-state index is 11.8. The summed E-state index contributed by atoms with van der Waals surface area (Å²) in [5.41, 5.74) is 2.20. The quantitative estimate of drug-likeness (QED) is 0.645. The predicted octanol–water partition coefficient (Wildman–Crippen LogP) is 2.09. The summed E-state index contributed by atoms with van der Waals surface area (Å²) < 4.78 is 11.5. The Balaban J connectivity index is 1.72. The standard InChI is InChI=1S/C18H19N5O4/c1-3-27-17(24)10-19-18(25)21-15-11-23-16(20-15)8-7-14(22-23)12-5-4-6-13(9-12)26-2/h4-9,11H,3,10H2,1-2H3,(H2,19,21,25). The Kier molecular flexibility index (Phi) is 5.50. The number of ether oxygens (including phenoxy) is 2. The third-order valence-electron chi connectivity index (χ3n) is 3.63. The molecule has 2 amide bonds. The highest BCUT2D eigenvalue weighted by Crippen LogP contribution is 2.22. The number of carbonyl (C=O) groups excluding carboxylic acids is 2. The number of urea groups is 1. The number of imidazole rings is 1. The number of nitrogens with zero attached hydrogens (tertiary/aromatic N) is 3. The number of fused-ring (bicyclic) bond motifs is 1. The van der Waals surface area contributed by atoms with Gasteiger partial charge in [0.2, 0.25) is 0 Å². The summed E-state index contributed by atoms with van der Waals surface area (Å²) in [6.07, 6.45) is 1.59. The molecular formula is C18H19N5O4. The molecule has 0 atom stereocenters. The van der Waals surface area contributed by atoms with E-state index in [1.165, 1.54) is 0 Å². The number of nitrogens with one attached hydrogen (secondary N) is 2. The van der Waals surface area contributed by atoms with Crippen LogP contribution in [0.25, 0.3) is 16.9 Å². The van der Waals surface area contributed by atoms with Crippen molar-refractivity contribution in [2.75, 3.05) is 25.6 Å². The van der Waals surface area contributed by atoms with E-state index in [-0.39, 0.29) is 13.2 Å². The second-order valence-electron chi connectivity index (χ2n) is 5.49. The number of esters is 1. The van der Waals surface area contributed by atoms with Gasteiger partial charge in [-0.3, -0.25) is 10.1 Å². The maximum absolute atomic E-state index is 11.8. The molecule has 0 fully saturated rings. The predicted molar refractivity (Wildman–Crippen MR) is 98.6 cm³/mol. The van der Waals surface area contributed by atoms with Gasteiger partial charge in [-0.05, 0) is 31.2 Å². The van der Waals surface area contributed by atoms with Crippen LogP contribution in [-0.2, 0) is 9.53 Å². The first-order valence-corrected chi connectivity index (χ1v) is 8.30. The molecule has 0 aliphatic carbocycles. The van der Waals surface area contributed by atoms with Crippen LogP contribution in [0.1, 0.15) is 6.92 Å². The van der Waals surface area contributed by atoms with Crippen LogP contribution in [0, 0.1) is 0 Å². The zero-order valence-electron chi connectivity index (χ0n) is 14.9. The van der Waals surface area contributed by atoms with Crippen LogP contribution in [0.2, 0.25) is 0 Å². The largest absolute Gasteiger partial charge is 0.497 e. The first-order valence-electron chi connectivity index (χ1n) is 8.30. The van der Waals surface area contributed by atoms with Crippen molar-refractivity contribution in [3.8, 4) is 17.0 Å². The molecule has 0 aliphatic rings. The minimum atomic E-state index is -0.556. The summed E-state index contributed by atoms with van der Waals surface area (Å²) in [7, 11) is 1.61. The molecule has 2 N–H and O–H groups in total. The van der Waals surface area contributed by atoms with Crippen molar-refractivity contribution in [2.45, 2.75) is 6.92 Å². The smallest absolute Gasteiger partial charge is 0.325 e. The summed E-state index contributed by atoms with van der Waals surface area (Å²) in [4.78, 5) is 27.4. The van der Waals surface area contributed by atoms with Gasteiger partial charge in [-0.15, -0.1) is 0 Å². The third-order valence-corrected chi connectivity index (χ3v) is 3.63. The van der Waals surface area contributed by atoms with Gasteiger partial charge in [-0.2, -0.15) is 5.10 Å². The van der Waals surface area contributed by atoms with Gasteiger partial charge in [0.15, 0.2) is 11.5 Å². The van der Waals surface area contributed by atoms with E-state index < -0.39 is 12.0 Å². The monoisotopic (exact) mass is 369 g/mol. The molecule has 0 saturated carbocycles. The Morgan fingerprint density at radius 2 is 2.07 bits per heavy atom. The summed E-state index contributed by atoms with van der Waals surface area (Å²) in [6.45, 7) is 1.74. The fraction of sp³-hybridized carbons (Fsp3) is 0.222. The average Bonchev–Trinajstić information content (AvgIpc) is 3.08. The molecule has 9 heteroatoms. The lowest BCUT2D eigenvalue weighted by molar-refractivity contribution is -0.141. The molecule has 27 heavy (non-hydrogen) atoms. The highest BCUT2D eigenvalue weighted by Gasteiger charge is 2.10. The summed E-state index contributed by atoms with van der Waals surface area (Å²) in [6, 6.07) is 10.6. The molecule has 0 saturated heterocycles. The van der Waals surface area contributed by atoms with Crippen molar-refractivity contribution in [1.82, 2.24) is 19.9 Å². The lowest BCUT2D eigenvalue weighted by Crippen LogP contribution is -2.34. The molecule has 9 nitrogen and oxygen atoms in total. The number of carbonyl (C=O) groups is 2. The van der Waals surface area contributed by atoms with Crippen LogP contribution in [-0.4, -0.2) is 46.9 Å². The molecule has 0 aliphatic heterocycles. The normalized spacial score (nSPS) is 10.4. The zero-order valence-corrected chi connectivity index (χ0v) is 14.9. The molecule has 140 valence electrons. The van der Waals surface area contributed by atoms with Crippen molar-refractivity contribution >= 4 is 23.5 Å². The van der Waals surface area contributed by atoms with Crippen LogP contribution >= 0.6 is 0 Å². The number of rotatable bonds is 6. The van der Waals surface area contributed by atoms with Gasteiger partial charge in [0.1, 0.15) is 12.3 Å². The van der Waals surface area contributed by atoms with E-state index in [1.807, 2.05) is 30.3 Å². The Labute approximate surface area is 155 Å². The topological polar surface area (TPSA) is 107 Å². The zero-order chi connectivity index (χ0) is 19.2. The number of aromatic nitrogens is 3. The molecule has 0 unspecified atom stereocenters. The van der Waals surface area contributed by atoms with Crippen LogP contribution in [0.4, 0.5) is 10.6 Å². The van der Waals surface area contributed by atoms with Gasteiger partial charge >= 0.3 is 12.0 Å². The van der Waals surface area contributed by atoms with Gasteiger partial charge in [0, 0.05) is 5.56 Å². The molecule has 3 rings (SSSR count). The van der Waals surface area contributed by atoms with Crippen LogP contribution in [0.5, 0.6) is 5.75 Å². The van der Waals surface area contributed by atoms with Crippen molar-refractivity contribution in [1.29, 1.82) is 0 Å². The van der Waals surface area contributed by atoms with Crippen LogP contribution < -0.4 is 15.4 Å². The van der Waals surface area contributed by atoms with Gasteiger partial charge in [0.25, 0.3) is 0 Å². The molecule has 2 heterocycles. The summed E-state index contributed by atoms with van der Waals surface area (Å²) >= 11 is 0. The molecule has 0 radical (unpaired) electrons. The van der Waals surface area contributed by atoms with Gasteiger partial charge in [0.05, 0.1) is 25.6 Å². The van der Waals surface area contributed by atoms with Crippen molar-refractivity contribution in [2.24, 2.45) is 0 Å². The second kappa shape index (κ2) is 8.17. The lowest BCUT2D eigenvalue weighted by Gasteiger charge is -2.04. The molecule has 3 aromatic rings. The van der Waals surface area contributed by atoms with E-state index in [0.717, 1.165) is 17.0 Å².